The van der Waals surface area contributed by atoms with E-state index in [1.54, 1.807) is 35.7 Å². The Balaban J connectivity index is 1.55. The molecule has 33 heavy (non-hydrogen) atoms. The molecule has 1 N–H and O–H groups in total. The maximum Gasteiger partial charge on any atom is 0.243 e. The number of sulfonamides is 1. The first-order valence-corrected chi connectivity index (χ1v) is 12.8. The summed E-state index contributed by atoms with van der Waals surface area (Å²) in [4.78, 5) is 17.6. The van der Waals surface area contributed by atoms with E-state index in [1.807, 2.05) is 18.2 Å². The Kier molecular flexibility index (Phi) is 6.99. The fourth-order valence-electron chi connectivity index (χ4n) is 4.25. The third kappa shape index (κ3) is 4.89. The topological polar surface area (TPSA) is 93.5 Å². The van der Waals surface area contributed by atoms with Crippen LogP contribution < -0.4 is 10.1 Å². The van der Waals surface area contributed by atoms with E-state index in [9.17, 15) is 13.2 Å². The molecule has 0 saturated carbocycles. The Morgan fingerprint density at radius 3 is 2.64 bits per heavy atom. The summed E-state index contributed by atoms with van der Waals surface area (Å²) in [6, 6.07) is 12.4. The second kappa shape index (κ2) is 9.93. The first-order chi connectivity index (χ1) is 15.9. The minimum atomic E-state index is -3.50. The van der Waals surface area contributed by atoms with E-state index in [0.29, 0.717) is 36.5 Å². The van der Waals surface area contributed by atoms with E-state index >= 15 is 0 Å². The minimum absolute atomic E-state index is 0.132. The summed E-state index contributed by atoms with van der Waals surface area (Å²) in [5.41, 5.74) is 2.16. The van der Waals surface area contributed by atoms with Crippen molar-refractivity contribution in [2.45, 2.75) is 50.5 Å². The van der Waals surface area contributed by atoms with E-state index in [4.69, 9.17) is 9.72 Å². The highest BCUT2D eigenvalue weighted by Crippen LogP contribution is 2.26. The summed E-state index contributed by atoms with van der Waals surface area (Å²) in [5, 5.41) is 2.89. The van der Waals surface area contributed by atoms with Gasteiger partial charge >= 0.3 is 0 Å². The largest absolute Gasteiger partial charge is 0.495 e. The molecule has 4 rings (SSSR count). The molecule has 1 fully saturated rings. The van der Waals surface area contributed by atoms with Crippen LogP contribution in [0.2, 0.25) is 0 Å². The summed E-state index contributed by atoms with van der Waals surface area (Å²) in [7, 11) is -1.94. The molecule has 0 radical (unpaired) electrons. The smallest absolute Gasteiger partial charge is 0.243 e. The number of para-hydroxylation sites is 2. The molecule has 9 heteroatoms. The number of amides is 1. The third-order valence-corrected chi connectivity index (χ3v) is 7.80. The molecule has 0 spiro atoms. The monoisotopic (exact) mass is 470 g/mol. The van der Waals surface area contributed by atoms with Crippen LogP contribution in [0.5, 0.6) is 5.75 Å². The highest BCUT2D eigenvalue weighted by Gasteiger charge is 2.28. The maximum absolute atomic E-state index is 13.0. The van der Waals surface area contributed by atoms with Crippen molar-refractivity contribution in [3.05, 3.63) is 48.3 Å². The maximum atomic E-state index is 13.0. The predicted octanol–water partition coefficient (Wildman–Crippen LogP) is 3.81. The molecule has 0 atom stereocenters. The highest BCUT2D eigenvalue weighted by molar-refractivity contribution is 7.89. The predicted molar refractivity (Wildman–Crippen MR) is 128 cm³/mol. The Morgan fingerprint density at radius 1 is 1.15 bits per heavy atom. The number of methoxy groups -OCH3 is 1. The molecular weight excluding hydrogens is 440 g/mol. The lowest BCUT2D eigenvalue weighted by Crippen LogP contribution is -2.27. The quantitative estimate of drug-likeness (QED) is 0.513. The number of carbonyl (C=O) groups excluding carboxylic acids is 1. The number of hydrogen-bond donors (Lipinski definition) is 1. The van der Waals surface area contributed by atoms with E-state index in [1.165, 1.54) is 0 Å². The van der Waals surface area contributed by atoms with Gasteiger partial charge in [-0.05, 0) is 49.6 Å². The van der Waals surface area contributed by atoms with Crippen LogP contribution >= 0.6 is 0 Å². The number of carbonyl (C=O) groups is 1. The number of ether oxygens (including phenoxy) is 1. The van der Waals surface area contributed by atoms with Crippen molar-refractivity contribution < 1.29 is 17.9 Å². The summed E-state index contributed by atoms with van der Waals surface area (Å²) in [6.07, 6.45) is 3.40. The molecule has 0 aliphatic carbocycles. The van der Waals surface area contributed by atoms with Crippen LogP contribution in [0.25, 0.3) is 11.0 Å². The van der Waals surface area contributed by atoms with Crippen molar-refractivity contribution >= 4 is 32.7 Å². The Labute approximate surface area is 194 Å². The van der Waals surface area contributed by atoms with Gasteiger partial charge in [-0.25, -0.2) is 13.4 Å². The fraction of sp³-hybridized carbons (Fsp3) is 0.417. The first-order valence-electron chi connectivity index (χ1n) is 11.4. The Bertz CT molecular complexity index is 1250. The molecule has 176 valence electrons. The van der Waals surface area contributed by atoms with Gasteiger partial charge in [-0.2, -0.15) is 4.31 Å². The molecule has 1 aliphatic heterocycles. The lowest BCUT2D eigenvalue weighted by molar-refractivity contribution is -0.116. The lowest BCUT2D eigenvalue weighted by atomic mass is 10.2. The van der Waals surface area contributed by atoms with Crippen molar-refractivity contribution in [1.82, 2.24) is 13.9 Å². The zero-order valence-corrected chi connectivity index (χ0v) is 19.9. The van der Waals surface area contributed by atoms with Crippen LogP contribution in [-0.4, -0.2) is 48.4 Å². The molecule has 2 aromatic carbocycles. The number of aryl methyl sites for hydroxylation is 2. The Hall–Kier alpha value is -2.91. The second-order valence-electron chi connectivity index (χ2n) is 8.19. The van der Waals surface area contributed by atoms with Crippen LogP contribution in [0.4, 0.5) is 5.69 Å². The average molecular weight is 471 g/mol. The molecule has 8 nitrogen and oxygen atoms in total. The lowest BCUT2D eigenvalue weighted by Gasteiger charge is -2.15. The van der Waals surface area contributed by atoms with Gasteiger partial charge in [0.15, 0.2) is 0 Å². The summed E-state index contributed by atoms with van der Waals surface area (Å²) in [5.74, 6) is 1.25. The number of hydrogen-bond acceptors (Lipinski definition) is 5. The van der Waals surface area contributed by atoms with Crippen LogP contribution in [0.15, 0.2) is 47.4 Å². The molecule has 3 aromatic rings. The molecule has 0 unspecified atom stereocenters. The van der Waals surface area contributed by atoms with Gasteiger partial charge < -0.3 is 14.6 Å². The van der Waals surface area contributed by atoms with E-state index in [0.717, 1.165) is 37.1 Å². The van der Waals surface area contributed by atoms with E-state index in [2.05, 4.69) is 16.8 Å². The minimum Gasteiger partial charge on any atom is -0.495 e. The van der Waals surface area contributed by atoms with Crippen LogP contribution in [0.3, 0.4) is 0 Å². The number of fused-ring (bicyclic) bond motifs is 1. The second-order valence-corrected chi connectivity index (χ2v) is 10.1. The van der Waals surface area contributed by atoms with Gasteiger partial charge in [0.1, 0.15) is 11.6 Å². The number of imidazole rings is 1. The van der Waals surface area contributed by atoms with Crippen molar-refractivity contribution in [3.8, 4) is 5.75 Å². The standard InChI is InChI=1S/C24H30N4O4S/c1-3-14-28-21-11-10-18(33(30,31)27-15-6-7-16-27)17-20(21)25-23(28)12-13-24(29)26-19-8-4-5-9-22(19)32-2/h4-5,8-11,17H,3,6-7,12-16H2,1-2H3,(H,26,29). The first kappa shape index (κ1) is 23.3. The molecule has 1 aromatic heterocycles. The molecule has 1 saturated heterocycles. The van der Waals surface area contributed by atoms with E-state index in [-0.39, 0.29) is 17.2 Å². The summed E-state index contributed by atoms with van der Waals surface area (Å²) < 4.78 is 34.8. The van der Waals surface area contributed by atoms with Gasteiger partial charge in [0.25, 0.3) is 0 Å². The average Bonchev–Trinajstić information content (AvgIpc) is 3.47. The fourth-order valence-corrected chi connectivity index (χ4v) is 5.79. The van der Waals surface area contributed by atoms with Gasteiger partial charge in [-0.1, -0.05) is 19.1 Å². The van der Waals surface area contributed by atoms with Gasteiger partial charge in [-0.15, -0.1) is 0 Å². The molecule has 2 heterocycles. The van der Waals surface area contributed by atoms with Gasteiger partial charge in [0, 0.05) is 32.5 Å². The van der Waals surface area contributed by atoms with Crippen molar-refractivity contribution in [2.24, 2.45) is 0 Å². The number of benzene rings is 2. The third-order valence-electron chi connectivity index (χ3n) is 5.91. The van der Waals surface area contributed by atoms with Crippen molar-refractivity contribution in [2.75, 3.05) is 25.5 Å². The van der Waals surface area contributed by atoms with Crippen molar-refractivity contribution in [1.29, 1.82) is 0 Å². The van der Waals surface area contributed by atoms with E-state index < -0.39 is 10.0 Å². The van der Waals surface area contributed by atoms with Gasteiger partial charge in [0.2, 0.25) is 15.9 Å². The molecule has 0 bridgehead atoms. The van der Waals surface area contributed by atoms with Gasteiger partial charge in [-0.3, -0.25) is 4.79 Å². The Morgan fingerprint density at radius 2 is 1.91 bits per heavy atom. The number of nitrogens with one attached hydrogen (secondary N) is 1. The molecule has 1 amide bonds. The number of anilines is 1. The summed E-state index contributed by atoms with van der Waals surface area (Å²) in [6.45, 7) is 3.96. The summed E-state index contributed by atoms with van der Waals surface area (Å²) >= 11 is 0. The van der Waals surface area contributed by atoms with Gasteiger partial charge in [0.05, 0.1) is 28.7 Å². The van der Waals surface area contributed by atoms with Crippen LogP contribution in [-0.2, 0) is 27.8 Å². The van der Waals surface area contributed by atoms with Crippen LogP contribution in [0, 0.1) is 0 Å². The molecular formula is C24H30N4O4S. The SMILES string of the molecule is CCCn1c(CCC(=O)Nc2ccccc2OC)nc2cc(S(=O)(=O)N3CCCC3)ccc21. The molecule has 1 aliphatic rings. The number of rotatable bonds is 9. The number of nitrogens with zero attached hydrogens (tertiary/aromatic N) is 3. The normalized spacial score (nSPS) is 14.6. The zero-order valence-electron chi connectivity index (χ0n) is 19.1. The highest BCUT2D eigenvalue weighted by atomic mass is 32.2. The zero-order chi connectivity index (χ0) is 23.4. The number of aromatic nitrogens is 2. The van der Waals surface area contributed by atoms with Crippen LogP contribution in [0.1, 0.15) is 38.4 Å². The van der Waals surface area contributed by atoms with Crippen molar-refractivity contribution in [3.63, 3.8) is 0 Å².